The second-order valence-electron chi connectivity index (χ2n) is 6.56. The molecule has 4 rings (SSSR count). The number of hydrogen-bond acceptors (Lipinski definition) is 2. The van der Waals surface area contributed by atoms with Crippen molar-refractivity contribution in [2.75, 3.05) is 0 Å². The van der Waals surface area contributed by atoms with E-state index in [0.717, 1.165) is 0 Å². The molecule has 1 saturated heterocycles. The predicted octanol–water partition coefficient (Wildman–Crippen LogP) is 3.07. The van der Waals surface area contributed by atoms with E-state index >= 15 is 0 Å². The van der Waals surface area contributed by atoms with Crippen LogP contribution in [-0.4, -0.2) is 22.6 Å². The third-order valence-corrected chi connectivity index (χ3v) is 4.30. The lowest BCUT2D eigenvalue weighted by Crippen LogP contribution is -2.49. The first-order chi connectivity index (χ1) is 8.49. The highest BCUT2D eigenvalue weighted by atomic mass is 16.6. The monoisotopic (exact) mass is 243 g/mol. The Hall–Kier alpha value is -1.51. The van der Waals surface area contributed by atoms with E-state index in [2.05, 4.69) is 24.3 Å². The van der Waals surface area contributed by atoms with Gasteiger partial charge in [0.05, 0.1) is 6.04 Å². The zero-order chi connectivity index (χ0) is 12.7. The van der Waals surface area contributed by atoms with E-state index in [4.69, 9.17) is 4.74 Å². The molecule has 3 nitrogen and oxygen atoms in total. The first kappa shape index (κ1) is 10.4. The Bertz CT molecular complexity index is 546. The summed E-state index contributed by atoms with van der Waals surface area (Å²) in [5.41, 5.74) is 2.38. The normalized spacial score (nSPS) is 34.5. The molecule has 1 amide bonds. The maximum atomic E-state index is 12.2. The molecule has 1 saturated carbocycles. The minimum atomic E-state index is -0.407. The molecule has 1 aromatic carbocycles. The summed E-state index contributed by atoms with van der Waals surface area (Å²) < 4.78 is 5.49. The van der Waals surface area contributed by atoms with E-state index in [9.17, 15) is 4.79 Å². The summed E-state index contributed by atoms with van der Waals surface area (Å²) in [7, 11) is 0. The first-order valence-corrected chi connectivity index (χ1v) is 6.59. The molecule has 2 aliphatic carbocycles. The molecular weight excluding hydrogens is 226 g/mol. The van der Waals surface area contributed by atoms with E-state index in [-0.39, 0.29) is 12.1 Å². The highest BCUT2D eigenvalue weighted by Crippen LogP contribution is 2.74. The summed E-state index contributed by atoms with van der Waals surface area (Å²) in [5.74, 6) is 1.26. The Morgan fingerprint density at radius 1 is 1.22 bits per heavy atom. The highest BCUT2D eigenvalue weighted by molar-refractivity contribution is 5.75. The van der Waals surface area contributed by atoms with Gasteiger partial charge in [-0.3, -0.25) is 4.90 Å². The number of carbonyl (C=O) groups is 1. The minimum Gasteiger partial charge on any atom is -0.444 e. The number of hydrogen-bond donors (Lipinski definition) is 0. The molecular formula is C15H17NO2. The predicted molar refractivity (Wildman–Crippen MR) is 67.3 cm³/mol. The molecule has 0 bridgehead atoms. The molecule has 4 unspecified atom stereocenters. The molecule has 1 aromatic rings. The summed E-state index contributed by atoms with van der Waals surface area (Å²) in [6, 6.07) is 9.21. The molecule has 1 heterocycles. The van der Waals surface area contributed by atoms with E-state index in [0.29, 0.717) is 17.9 Å². The van der Waals surface area contributed by atoms with Crippen molar-refractivity contribution in [3.63, 3.8) is 0 Å². The summed E-state index contributed by atoms with van der Waals surface area (Å²) in [5, 5.41) is 0. The van der Waals surface area contributed by atoms with Crippen molar-refractivity contribution in [2.24, 2.45) is 5.92 Å². The number of benzene rings is 1. The van der Waals surface area contributed by atoms with Crippen molar-refractivity contribution < 1.29 is 9.53 Å². The van der Waals surface area contributed by atoms with Gasteiger partial charge in [-0.2, -0.15) is 0 Å². The number of rotatable bonds is 0. The molecule has 4 atom stereocenters. The van der Waals surface area contributed by atoms with Crippen LogP contribution in [0.3, 0.4) is 0 Å². The van der Waals surface area contributed by atoms with Gasteiger partial charge in [0.25, 0.3) is 0 Å². The van der Waals surface area contributed by atoms with Crippen LogP contribution < -0.4 is 0 Å². The van der Waals surface area contributed by atoms with Crippen LogP contribution in [0.2, 0.25) is 0 Å². The quantitative estimate of drug-likeness (QED) is 0.700. The van der Waals surface area contributed by atoms with Crippen LogP contribution in [0.25, 0.3) is 0 Å². The van der Waals surface area contributed by atoms with Crippen molar-refractivity contribution in [3.05, 3.63) is 35.4 Å². The van der Waals surface area contributed by atoms with Crippen molar-refractivity contribution in [2.45, 2.75) is 44.4 Å². The van der Waals surface area contributed by atoms with Gasteiger partial charge in [0, 0.05) is 17.9 Å². The average molecular weight is 243 g/mol. The van der Waals surface area contributed by atoms with Crippen molar-refractivity contribution in [3.8, 4) is 0 Å². The fourth-order valence-electron chi connectivity index (χ4n) is 3.71. The fraction of sp³-hybridized carbons (Fsp3) is 0.533. The fourth-order valence-corrected chi connectivity index (χ4v) is 3.71. The molecule has 0 aromatic heterocycles. The number of nitrogens with zero attached hydrogens (tertiary/aromatic N) is 1. The number of likely N-dealkylation sites (tertiary alicyclic amines) is 1. The second-order valence-corrected chi connectivity index (χ2v) is 6.56. The van der Waals surface area contributed by atoms with Gasteiger partial charge in [-0.05, 0) is 31.9 Å². The lowest BCUT2D eigenvalue weighted by molar-refractivity contribution is -0.00969. The Labute approximate surface area is 107 Å². The van der Waals surface area contributed by atoms with Gasteiger partial charge in [0.15, 0.2) is 0 Å². The third-order valence-electron chi connectivity index (χ3n) is 4.30. The Morgan fingerprint density at radius 2 is 1.89 bits per heavy atom. The standard InChI is InChI=1S/C15H17NO2/c1-15(2,3)18-14(17)16-12-9-7-5-4-6-8(9)10-11(12)13(10)16/h4-7,10-13H,1-3H3. The van der Waals surface area contributed by atoms with Crippen molar-refractivity contribution in [1.29, 1.82) is 0 Å². The van der Waals surface area contributed by atoms with Crippen molar-refractivity contribution in [1.82, 2.24) is 4.90 Å². The van der Waals surface area contributed by atoms with Crippen LogP contribution in [0.4, 0.5) is 4.79 Å². The lowest BCUT2D eigenvalue weighted by atomic mass is 9.93. The summed E-state index contributed by atoms with van der Waals surface area (Å²) in [6.07, 6.45) is -0.147. The van der Waals surface area contributed by atoms with Gasteiger partial charge in [-0.1, -0.05) is 24.3 Å². The highest BCUT2D eigenvalue weighted by Gasteiger charge is 2.75. The largest absolute Gasteiger partial charge is 0.444 e. The van der Waals surface area contributed by atoms with Crippen molar-refractivity contribution >= 4 is 6.09 Å². The Balaban J connectivity index is 1.61. The molecule has 0 N–H and O–H groups in total. The van der Waals surface area contributed by atoms with Gasteiger partial charge in [0.2, 0.25) is 0 Å². The van der Waals surface area contributed by atoms with Crippen LogP contribution in [0, 0.1) is 5.92 Å². The van der Waals surface area contributed by atoms with Gasteiger partial charge in [-0.15, -0.1) is 0 Å². The van der Waals surface area contributed by atoms with Gasteiger partial charge in [-0.25, -0.2) is 4.79 Å². The zero-order valence-electron chi connectivity index (χ0n) is 10.9. The number of ether oxygens (including phenoxy) is 1. The number of fused-ring (bicyclic) bond motifs is 4. The Kier molecular flexibility index (Phi) is 1.68. The van der Waals surface area contributed by atoms with E-state index < -0.39 is 5.60 Å². The minimum absolute atomic E-state index is 0.147. The van der Waals surface area contributed by atoms with Gasteiger partial charge < -0.3 is 4.74 Å². The summed E-state index contributed by atoms with van der Waals surface area (Å²) >= 11 is 0. The summed E-state index contributed by atoms with van der Waals surface area (Å²) in [6.45, 7) is 5.75. The third kappa shape index (κ3) is 1.12. The van der Waals surface area contributed by atoms with E-state index in [1.165, 1.54) is 11.1 Å². The second kappa shape index (κ2) is 2.90. The number of amides is 1. The van der Waals surface area contributed by atoms with E-state index in [1.54, 1.807) is 0 Å². The van der Waals surface area contributed by atoms with Crippen LogP contribution in [0.1, 0.15) is 43.9 Å². The number of carbonyl (C=O) groups excluding carboxylic acids is 1. The van der Waals surface area contributed by atoms with Crippen LogP contribution >= 0.6 is 0 Å². The molecule has 0 spiro atoms. The van der Waals surface area contributed by atoms with Gasteiger partial charge in [0.1, 0.15) is 5.60 Å². The molecule has 3 heteroatoms. The molecule has 3 aliphatic rings. The summed E-state index contributed by atoms with van der Waals surface area (Å²) in [4.78, 5) is 14.1. The van der Waals surface area contributed by atoms with E-state index in [1.807, 2.05) is 25.7 Å². The first-order valence-electron chi connectivity index (χ1n) is 6.59. The van der Waals surface area contributed by atoms with Crippen LogP contribution in [0.5, 0.6) is 0 Å². The SMILES string of the molecule is CC(C)(C)OC(=O)N1C2c3ccccc3C3C2C31. The molecule has 1 aliphatic heterocycles. The van der Waals surface area contributed by atoms with Crippen LogP contribution in [0.15, 0.2) is 24.3 Å². The lowest BCUT2D eigenvalue weighted by Gasteiger charge is -2.42. The molecule has 0 radical (unpaired) electrons. The van der Waals surface area contributed by atoms with Crippen LogP contribution in [-0.2, 0) is 4.74 Å². The molecule has 94 valence electrons. The maximum Gasteiger partial charge on any atom is 0.411 e. The Morgan fingerprint density at radius 3 is 2.56 bits per heavy atom. The molecule has 18 heavy (non-hydrogen) atoms. The maximum absolute atomic E-state index is 12.2. The topological polar surface area (TPSA) is 29.5 Å². The van der Waals surface area contributed by atoms with Gasteiger partial charge >= 0.3 is 6.09 Å². The zero-order valence-corrected chi connectivity index (χ0v) is 10.9. The average Bonchev–Trinajstić information content (AvgIpc) is 2.76. The molecule has 2 fully saturated rings. The smallest absolute Gasteiger partial charge is 0.411 e.